The summed E-state index contributed by atoms with van der Waals surface area (Å²) in [6, 6.07) is 14.2. The third-order valence-corrected chi connectivity index (χ3v) is 6.75. The van der Waals surface area contributed by atoms with E-state index in [1.54, 1.807) is 12.1 Å². The first kappa shape index (κ1) is 20.8. The molecule has 2 aromatic carbocycles. The zero-order valence-corrected chi connectivity index (χ0v) is 18.4. The predicted molar refractivity (Wildman–Crippen MR) is 124 cm³/mol. The quantitative estimate of drug-likeness (QED) is 0.433. The monoisotopic (exact) mass is 449 g/mol. The van der Waals surface area contributed by atoms with Gasteiger partial charge in [-0.3, -0.25) is 9.36 Å². The number of nitrogens with zero attached hydrogens (tertiary/aromatic N) is 4. The molecule has 0 bridgehead atoms. The molecular formula is C24H24FN5OS. The number of amides is 1. The number of fused-ring (bicyclic) bond motifs is 1. The Bertz CT molecular complexity index is 1220. The summed E-state index contributed by atoms with van der Waals surface area (Å²) in [7, 11) is 0. The fourth-order valence-electron chi connectivity index (χ4n) is 4.15. The molecule has 0 saturated carbocycles. The number of aromatic amines is 1. The van der Waals surface area contributed by atoms with Crippen molar-refractivity contribution < 1.29 is 9.18 Å². The zero-order chi connectivity index (χ0) is 21.9. The van der Waals surface area contributed by atoms with Gasteiger partial charge in [0.1, 0.15) is 5.82 Å². The molecule has 2 aromatic heterocycles. The molecule has 1 amide bonds. The third-order valence-electron chi connectivity index (χ3n) is 5.83. The Labute approximate surface area is 189 Å². The summed E-state index contributed by atoms with van der Waals surface area (Å²) in [4.78, 5) is 18.1. The molecule has 1 saturated heterocycles. The Morgan fingerprint density at radius 2 is 1.75 bits per heavy atom. The fraction of sp³-hybridized carbons (Fsp3) is 0.292. The van der Waals surface area contributed by atoms with Crippen molar-refractivity contribution in [1.29, 1.82) is 0 Å². The Kier molecular flexibility index (Phi) is 5.94. The molecule has 0 unspecified atom stereocenters. The highest BCUT2D eigenvalue weighted by Gasteiger charge is 2.21. The van der Waals surface area contributed by atoms with Crippen LogP contribution in [0, 0.1) is 5.82 Å². The molecular weight excluding hydrogens is 425 g/mol. The van der Waals surface area contributed by atoms with Crippen LogP contribution in [-0.2, 0) is 4.79 Å². The molecule has 5 rings (SSSR count). The summed E-state index contributed by atoms with van der Waals surface area (Å²) in [5.74, 6) is 0.770. The first-order valence-corrected chi connectivity index (χ1v) is 11.9. The van der Waals surface area contributed by atoms with E-state index in [2.05, 4.69) is 15.2 Å². The number of thioether (sulfide) groups is 1. The van der Waals surface area contributed by atoms with Gasteiger partial charge >= 0.3 is 0 Å². The van der Waals surface area contributed by atoms with Crippen molar-refractivity contribution in [2.24, 2.45) is 0 Å². The van der Waals surface area contributed by atoms with Crippen LogP contribution in [0.4, 0.5) is 4.39 Å². The lowest BCUT2D eigenvalue weighted by Crippen LogP contribution is -2.33. The Morgan fingerprint density at radius 1 is 1.00 bits per heavy atom. The molecule has 0 spiro atoms. The average molecular weight is 450 g/mol. The molecule has 1 fully saturated rings. The van der Waals surface area contributed by atoms with E-state index >= 15 is 0 Å². The van der Waals surface area contributed by atoms with Gasteiger partial charge in [-0.2, -0.15) is 0 Å². The topological polar surface area (TPSA) is 66.8 Å². The second kappa shape index (κ2) is 9.16. The van der Waals surface area contributed by atoms with E-state index in [1.165, 1.54) is 36.7 Å². The van der Waals surface area contributed by atoms with E-state index in [4.69, 9.17) is 0 Å². The van der Waals surface area contributed by atoms with Crippen molar-refractivity contribution in [1.82, 2.24) is 24.6 Å². The molecule has 1 N–H and O–H groups in total. The van der Waals surface area contributed by atoms with Crippen molar-refractivity contribution in [3.63, 3.8) is 0 Å². The van der Waals surface area contributed by atoms with Gasteiger partial charge in [-0.05, 0) is 43.2 Å². The number of hydrogen-bond acceptors (Lipinski definition) is 4. The summed E-state index contributed by atoms with van der Waals surface area (Å²) in [5, 5.41) is 10.5. The minimum atomic E-state index is -0.305. The maximum atomic E-state index is 13.6. The van der Waals surface area contributed by atoms with Crippen LogP contribution >= 0.6 is 11.8 Å². The van der Waals surface area contributed by atoms with E-state index in [-0.39, 0.29) is 11.7 Å². The highest BCUT2D eigenvalue weighted by Crippen LogP contribution is 2.32. The van der Waals surface area contributed by atoms with Gasteiger partial charge in [-0.25, -0.2) is 4.39 Å². The number of benzene rings is 2. The van der Waals surface area contributed by atoms with Crippen molar-refractivity contribution in [2.75, 3.05) is 18.8 Å². The van der Waals surface area contributed by atoms with Crippen molar-refractivity contribution >= 4 is 28.6 Å². The highest BCUT2D eigenvalue weighted by molar-refractivity contribution is 7.99. The van der Waals surface area contributed by atoms with Crippen LogP contribution in [-0.4, -0.2) is 49.4 Å². The summed E-state index contributed by atoms with van der Waals surface area (Å²) < 4.78 is 15.5. The number of carbonyl (C=O) groups is 1. The maximum Gasteiger partial charge on any atom is 0.233 e. The van der Waals surface area contributed by atoms with E-state index in [1.807, 2.05) is 39.9 Å². The van der Waals surface area contributed by atoms with Gasteiger partial charge in [-0.1, -0.05) is 42.8 Å². The molecule has 8 heteroatoms. The number of nitrogens with one attached hydrogen (secondary N) is 1. The smallest absolute Gasteiger partial charge is 0.233 e. The molecule has 1 aliphatic rings. The van der Waals surface area contributed by atoms with E-state index in [0.717, 1.165) is 48.1 Å². The van der Waals surface area contributed by atoms with Gasteiger partial charge in [0.25, 0.3) is 0 Å². The fourth-order valence-corrected chi connectivity index (χ4v) is 5.01. The summed E-state index contributed by atoms with van der Waals surface area (Å²) in [5.41, 5.74) is 2.66. The first-order chi connectivity index (χ1) is 15.7. The van der Waals surface area contributed by atoms with Gasteiger partial charge in [-0.15, -0.1) is 10.2 Å². The lowest BCUT2D eigenvalue weighted by molar-refractivity contribution is -0.128. The highest BCUT2D eigenvalue weighted by atomic mass is 32.2. The molecule has 6 nitrogen and oxygen atoms in total. The lowest BCUT2D eigenvalue weighted by Gasteiger charge is -2.20. The molecule has 0 aliphatic carbocycles. The number of aromatic nitrogens is 4. The molecule has 4 aromatic rings. The van der Waals surface area contributed by atoms with Crippen LogP contribution in [0.1, 0.15) is 25.7 Å². The standard InChI is InChI=1S/C24H24FN5OS/c25-17-9-11-18(12-10-17)30-23(20-15-26-21-8-4-3-7-19(20)21)27-28-24(30)32-16-22(31)29-13-5-1-2-6-14-29/h3-4,7-12,15,26H,1-2,5-6,13-14,16H2. The van der Waals surface area contributed by atoms with E-state index in [9.17, 15) is 9.18 Å². The van der Waals surface area contributed by atoms with Crippen molar-refractivity contribution in [3.8, 4) is 17.1 Å². The van der Waals surface area contributed by atoms with Crippen LogP contribution in [0.25, 0.3) is 28.0 Å². The Morgan fingerprint density at radius 3 is 2.53 bits per heavy atom. The zero-order valence-electron chi connectivity index (χ0n) is 17.6. The molecule has 0 radical (unpaired) electrons. The number of rotatable bonds is 5. The summed E-state index contributed by atoms with van der Waals surface area (Å²) in [6.07, 6.45) is 6.40. The van der Waals surface area contributed by atoms with Crippen LogP contribution in [0.3, 0.4) is 0 Å². The van der Waals surface area contributed by atoms with Crippen LogP contribution in [0.5, 0.6) is 0 Å². The minimum absolute atomic E-state index is 0.124. The summed E-state index contributed by atoms with van der Waals surface area (Å²) in [6.45, 7) is 1.65. The lowest BCUT2D eigenvalue weighted by atomic mass is 10.1. The van der Waals surface area contributed by atoms with Crippen molar-refractivity contribution in [2.45, 2.75) is 30.8 Å². The first-order valence-electron chi connectivity index (χ1n) is 10.9. The van der Waals surface area contributed by atoms with Gasteiger partial charge in [0, 0.05) is 41.4 Å². The van der Waals surface area contributed by atoms with Gasteiger partial charge in [0.2, 0.25) is 5.91 Å². The second-order valence-electron chi connectivity index (χ2n) is 7.95. The van der Waals surface area contributed by atoms with Crippen molar-refractivity contribution in [3.05, 3.63) is 60.5 Å². The normalized spacial score (nSPS) is 14.6. The van der Waals surface area contributed by atoms with Crippen LogP contribution in [0.2, 0.25) is 0 Å². The number of para-hydroxylation sites is 1. The number of likely N-dealkylation sites (tertiary alicyclic amines) is 1. The second-order valence-corrected chi connectivity index (χ2v) is 8.89. The summed E-state index contributed by atoms with van der Waals surface area (Å²) >= 11 is 1.37. The van der Waals surface area contributed by atoms with Gasteiger partial charge in [0.15, 0.2) is 11.0 Å². The number of halogens is 1. The number of H-pyrrole nitrogens is 1. The Hall–Kier alpha value is -3.13. The van der Waals surface area contributed by atoms with Crippen LogP contribution in [0.15, 0.2) is 59.9 Å². The Balaban J connectivity index is 1.49. The maximum absolute atomic E-state index is 13.6. The number of carbonyl (C=O) groups excluding carboxylic acids is 1. The van der Waals surface area contributed by atoms with E-state index < -0.39 is 0 Å². The predicted octanol–water partition coefficient (Wildman–Crippen LogP) is 5.05. The van der Waals surface area contributed by atoms with Gasteiger partial charge < -0.3 is 9.88 Å². The van der Waals surface area contributed by atoms with Crippen LogP contribution < -0.4 is 0 Å². The van der Waals surface area contributed by atoms with E-state index in [0.29, 0.717) is 16.7 Å². The molecule has 0 atom stereocenters. The largest absolute Gasteiger partial charge is 0.360 e. The van der Waals surface area contributed by atoms with Gasteiger partial charge in [0.05, 0.1) is 5.75 Å². The SMILES string of the molecule is O=C(CSc1nnc(-c2c[nH]c3ccccc23)n1-c1ccc(F)cc1)N1CCCCCC1. The molecule has 164 valence electrons. The molecule has 3 heterocycles. The number of hydrogen-bond donors (Lipinski definition) is 1. The average Bonchev–Trinajstić information content (AvgIpc) is 3.32. The molecule has 32 heavy (non-hydrogen) atoms. The minimum Gasteiger partial charge on any atom is -0.360 e. The third kappa shape index (κ3) is 4.14. The molecule has 1 aliphatic heterocycles.